The molecule has 0 fully saturated rings. The summed E-state index contributed by atoms with van der Waals surface area (Å²) in [6, 6.07) is 12.6. The molecule has 2 aromatic carbocycles. The summed E-state index contributed by atoms with van der Waals surface area (Å²) in [5, 5.41) is 14.8. The highest BCUT2D eigenvalue weighted by Gasteiger charge is 2.21. The number of methoxy groups -OCH3 is 1. The number of aromatic nitrogens is 4. The minimum Gasteiger partial charge on any atom is -0.497 e. The maximum absolute atomic E-state index is 13.1. The van der Waals surface area contributed by atoms with E-state index in [9.17, 15) is 19.1 Å². The number of fused-ring (bicyclic) bond motifs is 1. The van der Waals surface area contributed by atoms with Crippen LogP contribution in [-0.2, 0) is 20.6 Å². The van der Waals surface area contributed by atoms with Crippen molar-refractivity contribution in [2.24, 2.45) is 19.2 Å². The molecule has 1 atom stereocenters. The molecule has 0 bridgehead atoms. The fourth-order valence-electron chi connectivity index (χ4n) is 3.55. The number of aliphatic hydroxyl groups is 1. The Bertz CT molecular complexity index is 1510. The van der Waals surface area contributed by atoms with Crippen LogP contribution >= 0.6 is 0 Å². The van der Waals surface area contributed by atoms with E-state index in [-0.39, 0.29) is 36.1 Å². The van der Waals surface area contributed by atoms with Crippen molar-refractivity contribution >= 4 is 23.3 Å². The molecule has 12 heteroatoms. The fourth-order valence-corrected chi connectivity index (χ4v) is 3.55. The van der Waals surface area contributed by atoms with E-state index in [2.05, 4.69) is 15.5 Å². The van der Waals surface area contributed by atoms with Gasteiger partial charge in [-0.1, -0.05) is 12.1 Å². The Morgan fingerprint density at radius 3 is 2.42 bits per heavy atom. The lowest BCUT2D eigenvalue weighted by Crippen LogP contribution is -2.38. The molecule has 2 N–H and O–H groups in total. The van der Waals surface area contributed by atoms with Gasteiger partial charge in [-0.2, -0.15) is 10.1 Å². The van der Waals surface area contributed by atoms with Crippen molar-refractivity contribution in [1.29, 1.82) is 0 Å². The lowest BCUT2D eigenvalue weighted by atomic mass is 10.2. The first-order chi connectivity index (χ1) is 17.3. The SMILES string of the molecule is COc1ccc(OC[C@H](O)Cn2c(N/N=C\c3ccc(F)cc3)nc3c2c(=O)n(C)c(=O)n3C)cc1. The minimum atomic E-state index is -1.03. The number of nitrogens with one attached hydrogen (secondary N) is 1. The predicted octanol–water partition coefficient (Wildman–Crippen LogP) is 1.47. The van der Waals surface area contributed by atoms with Crippen molar-refractivity contribution in [2.45, 2.75) is 12.6 Å². The molecule has 0 radical (unpaired) electrons. The first-order valence-electron chi connectivity index (χ1n) is 10.9. The molecule has 0 saturated heterocycles. The normalized spacial score (nSPS) is 12.2. The average Bonchev–Trinajstić information content (AvgIpc) is 3.24. The lowest BCUT2D eigenvalue weighted by molar-refractivity contribution is 0.0938. The molecule has 2 heterocycles. The minimum absolute atomic E-state index is 0.0730. The van der Waals surface area contributed by atoms with E-state index in [1.165, 1.54) is 41.6 Å². The summed E-state index contributed by atoms with van der Waals surface area (Å²) >= 11 is 0. The van der Waals surface area contributed by atoms with E-state index in [0.717, 1.165) is 4.57 Å². The van der Waals surface area contributed by atoms with Crippen LogP contribution < -0.4 is 26.1 Å². The van der Waals surface area contributed by atoms with E-state index < -0.39 is 17.4 Å². The Hall–Kier alpha value is -4.45. The fraction of sp³-hybridized carbons (Fsp3) is 0.250. The third-order valence-electron chi connectivity index (χ3n) is 5.49. The van der Waals surface area contributed by atoms with Crippen LogP contribution in [0.25, 0.3) is 11.2 Å². The molecule has 4 aromatic rings. The summed E-state index contributed by atoms with van der Waals surface area (Å²) in [6.45, 7) is -0.148. The van der Waals surface area contributed by atoms with Crippen LogP contribution in [0, 0.1) is 5.82 Å². The van der Waals surface area contributed by atoms with E-state index in [4.69, 9.17) is 9.47 Å². The smallest absolute Gasteiger partial charge is 0.332 e. The van der Waals surface area contributed by atoms with Crippen LogP contribution in [0.15, 0.2) is 63.2 Å². The zero-order valence-electron chi connectivity index (χ0n) is 19.9. The summed E-state index contributed by atoms with van der Waals surface area (Å²) in [5.74, 6) is 0.965. The standard InChI is InChI=1S/C24H25FN6O5/c1-29-21-20(22(33)30(2)24(29)34)31(13-17(32)14-36-19-10-8-18(35-3)9-11-19)23(27-21)28-26-12-15-4-6-16(25)7-5-15/h4-12,17,32H,13-14H2,1-3H3,(H,27,28)/b26-12-/t17-/m1/s1. The molecule has 11 nitrogen and oxygen atoms in total. The van der Waals surface area contributed by atoms with Gasteiger partial charge in [0.25, 0.3) is 5.56 Å². The van der Waals surface area contributed by atoms with Crippen molar-refractivity contribution < 1.29 is 19.0 Å². The number of nitrogens with zero attached hydrogens (tertiary/aromatic N) is 5. The van der Waals surface area contributed by atoms with Gasteiger partial charge in [0.05, 0.1) is 19.9 Å². The van der Waals surface area contributed by atoms with E-state index in [1.54, 1.807) is 43.5 Å². The van der Waals surface area contributed by atoms with Gasteiger partial charge >= 0.3 is 5.69 Å². The molecule has 2 aromatic heterocycles. The number of ether oxygens (including phenoxy) is 2. The van der Waals surface area contributed by atoms with Crippen molar-refractivity contribution in [2.75, 3.05) is 19.1 Å². The van der Waals surface area contributed by atoms with Crippen molar-refractivity contribution in [3.63, 3.8) is 0 Å². The van der Waals surface area contributed by atoms with Gasteiger partial charge in [0.15, 0.2) is 11.2 Å². The zero-order valence-corrected chi connectivity index (χ0v) is 19.9. The van der Waals surface area contributed by atoms with E-state index >= 15 is 0 Å². The first-order valence-corrected chi connectivity index (χ1v) is 10.9. The number of hydrogen-bond donors (Lipinski definition) is 2. The molecule has 0 amide bonds. The summed E-state index contributed by atoms with van der Waals surface area (Å²) in [5.41, 5.74) is 2.51. The van der Waals surface area contributed by atoms with Gasteiger partial charge in [0, 0.05) is 14.1 Å². The van der Waals surface area contributed by atoms with Gasteiger partial charge in [-0.05, 0) is 42.0 Å². The van der Waals surface area contributed by atoms with Crippen LogP contribution in [0.5, 0.6) is 11.5 Å². The largest absolute Gasteiger partial charge is 0.497 e. The highest BCUT2D eigenvalue weighted by molar-refractivity contribution is 5.80. The molecular weight excluding hydrogens is 471 g/mol. The number of aliphatic hydroxyl groups excluding tert-OH is 1. The monoisotopic (exact) mass is 496 g/mol. The average molecular weight is 496 g/mol. The summed E-state index contributed by atoms with van der Waals surface area (Å²) in [7, 11) is 4.42. The van der Waals surface area contributed by atoms with Crippen LogP contribution in [0.3, 0.4) is 0 Å². The number of halogens is 1. The van der Waals surface area contributed by atoms with Gasteiger partial charge in [0.1, 0.15) is 30.0 Å². The number of anilines is 1. The van der Waals surface area contributed by atoms with E-state index in [1.807, 2.05) is 0 Å². The molecule has 0 saturated carbocycles. The maximum atomic E-state index is 13.1. The Balaban J connectivity index is 1.62. The number of aryl methyl sites for hydroxylation is 1. The molecule has 0 aliphatic rings. The molecule has 0 aliphatic heterocycles. The summed E-state index contributed by atoms with van der Waals surface area (Å²) in [6.07, 6.45) is 0.414. The number of benzene rings is 2. The van der Waals surface area contributed by atoms with Crippen LogP contribution in [-0.4, -0.2) is 49.8 Å². The molecular formula is C24H25FN6O5. The highest BCUT2D eigenvalue weighted by Crippen LogP contribution is 2.19. The lowest BCUT2D eigenvalue weighted by Gasteiger charge is -2.15. The van der Waals surface area contributed by atoms with Gasteiger partial charge in [0.2, 0.25) is 5.95 Å². The van der Waals surface area contributed by atoms with Crippen LogP contribution in [0.2, 0.25) is 0 Å². The van der Waals surface area contributed by atoms with Gasteiger partial charge in [-0.25, -0.2) is 14.6 Å². The second-order valence-corrected chi connectivity index (χ2v) is 7.99. The third kappa shape index (κ3) is 5.13. The molecule has 0 unspecified atom stereocenters. The van der Waals surface area contributed by atoms with Gasteiger partial charge < -0.3 is 19.1 Å². The predicted molar refractivity (Wildman–Crippen MR) is 132 cm³/mol. The number of rotatable bonds is 9. The van der Waals surface area contributed by atoms with Gasteiger partial charge in [-0.15, -0.1) is 0 Å². The second-order valence-electron chi connectivity index (χ2n) is 7.99. The quantitative estimate of drug-likeness (QED) is 0.266. The first kappa shape index (κ1) is 24.7. The number of hydrazone groups is 1. The second kappa shape index (κ2) is 10.4. The molecule has 0 aliphatic carbocycles. The van der Waals surface area contributed by atoms with Crippen molar-refractivity contribution in [1.82, 2.24) is 18.7 Å². The molecule has 0 spiro atoms. The van der Waals surface area contributed by atoms with Gasteiger partial charge in [-0.3, -0.25) is 13.9 Å². The van der Waals surface area contributed by atoms with Crippen LogP contribution in [0.4, 0.5) is 10.3 Å². The maximum Gasteiger partial charge on any atom is 0.332 e. The molecule has 4 rings (SSSR count). The summed E-state index contributed by atoms with van der Waals surface area (Å²) < 4.78 is 27.6. The Labute approximate surface area is 204 Å². The van der Waals surface area contributed by atoms with E-state index in [0.29, 0.717) is 17.1 Å². The van der Waals surface area contributed by atoms with Crippen molar-refractivity contribution in [3.05, 3.63) is 80.7 Å². The Morgan fingerprint density at radius 2 is 1.75 bits per heavy atom. The Kier molecular flexibility index (Phi) is 7.15. The third-order valence-corrected chi connectivity index (χ3v) is 5.49. The van der Waals surface area contributed by atoms with Crippen molar-refractivity contribution in [3.8, 4) is 11.5 Å². The molecule has 188 valence electrons. The Morgan fingerprint density at radius 1 is 1.08 bits per heavy atom. The van der Waals surface area contributed by atoms with Crippen LogP contribution in [0.1, 0.15) is 5.56 Å². The number of hydrogen-bond acceptors (Lipinski definition) is 8. The highest BCUT2D eigenvalue weighted by atomic mass is 19.1. The summed E-state index contributed by atoms with van der Waals surface area (Å²) in [4.78, 5) is 29.7. The molecule has 36 heavy (non-hydrogen) atoms. The zero-order chi connectivity index (χ0) is 25.8. The topological polar surface area (TPSA) is 125 Å². The number of imidazole rings is 1.